The second-order valence-electron chi connectivity index (χ2n) is 5.55. The second-order valence-corrected chi connectivity index (χ2v) is 5.55. The average molecular weight is 262 g/mol. The number of ether oxygens (including phenoxy) is 1. The van der Waals surface area contributed by atoms with Crippen molar-refractivity contribution >= 4 is 0 Å². The summed E-state index contributed by atoms with van der Waals surface area (Å²) in [5.74, 6) is 0. The van der Waals surface area contributed by atoms with Crippen LogP contribution in [0.1, 0.15) is 56.3 Å². The van der Waals surface area contributed by atoms with Crippen molar-refractivity contribution in [2.45, 2.75) is 57.6 Å². The third-order valence-corrected chi connectivity index (χ3v) is 4.31. The zero-order valence-corrected chi connectivity index (χ0v) is 12.4. The Morgan fingerprint density at radius 1 is 1.32 bits per heavy atom. The summed E-state index contributed by atoms with van der Waals surface area (Å²) in [5, 5.41) is 3.61. The summed E-state index contributed by atoms with van der Waals surface area (Å²) in [4.78, 5) is 4.45. The largest absolute Gasteiger partial charge is 0.376 e. The van der Waals surface area contributed by atoms with Gasteiger partial charge in [-0.15, -0.1) is 0 Å². The lowest BCUT2D eigenvalue weighted by atomic mass is 9.77. The van der Waals surface area contributed by atoms with E-state index < -0.39 is 0 Å². The Labute approximate surface area is 116 Å². The number of likely N-dealkylation sites (N-methyl/N-ethyl adjacent to an activating group) is 1. The molecule has 1 aliphatic carbocycles. The number of pyridine rings is 1. The molecule has 0 radical (unpaired) electrons. The van der Waals surface area contributed by atoms with Crippen molar-refractivity contribution in [1.82, 2.24) is 10.3 Å². The van der Waals surface area contributed by atoms with Gasteiger partial charge in [-0.2, -0.15) is 0 Å². The molecule has 0 aromatic carbocycles. The quantitative estimate of drug-likeness (QED) is 0.883. The Bertz CT molecular complexity index is 382. The van der Waals surface area contributed by atoms with Crippen LogP contribution in [0.25, 0.3) is 0 Å². The van der Waals surface area contributed by atoms with Gasteiger partial charge >= 0.3 is 0 Å². The summed E-state index contributed by atoms with van der Waals surface area (Å²) >= 11 is 0. The van der Waals surface area contributed by atoms with Crippen molar-refractivity contribution in [2.24, 2.45) is 0 Å². The van der Waals surface area contributed by atoms with Gasteiger partial charge in [0.2, 0.25) is 0 Å². The molecule has 1 N–H and O–H groups in total. The lowest BCUT2D eigenvalue weighted by molar-refractivity contribution is -0.0685. The van der Waals surface area contributed by atoms with Gasteiger partial charge in [-0.05, 0) is 37.9 Å². The summed E-state index contributed by atoms with van der Waals surface area (Å²) in [6.07, 6.45) is 8.11. The number of hydrogen-bond donors (Lipinski definition) is 1. The average Bonchev–Trinajstić information content (AvgIpc) is 2.47. The predicted molar refractivity (Wildman–Crippen MR) is 78.2 cm³/mol. The van der Waals surface area contributed by atoms with Crippen LogP contribution < -0.4 is 5.32 Å². The van der Waals surface area contributed by atoms with Crippen LogP contribution in [0.5, 0.6) is 0 Å². The van der Waals surface area contributed by atoms with Crippen LogP contribution in [-0.2, 0) is 4.74 Å². The molecule has 106 valence electrons. The topological polar surface area (TPSA) is 34.2 Å². The molecule has 0 spiro atoms. The standard InChI is InChI=1S/C16H26N2O/c1-4-17-15(14-9-8-13(2)18-12-14)16(19-3)10-6-5-7-11-16/h8-9,12,15,17H,4-7,10-11H2,1-3H3. The summed E-state index contributed by atoms with van der Waals surface area (Å²) in [6.45, 7) is 5.13. The first-order valence-corrected chi connectivity index (χ1v) is 7.43. The van der Waals surface area contributed by atoms with Gasteiger partial charge in [-0.1, -0.05) is 32.3 Å². The molecule has 2 rings (SSSR count). The first kappa shape index (κ1) is 14.5. The molecule has 0 bridgehead atoms. The van der Waals surface area contributed by atoms with Crippen molar-refractivity contribution in [3.8, 4) is 0 Å². The summed E-state index contributed by atoms with van der Waals surface area (Å²) < 4.78 is 5.99. The molecule has 0 amide bonds. The summed E-state index contributed by atoms with van der Waals surface area (Å²) in [7, 11) is 1.86. The monoisotopic (exact) mass is 262 g/mol. The molecule has 1 heterocycles. The Morgan fingerprint density at radius 3 is 2.58 bits per heavy atom. The lowest BCUT2D eigenvalue weighted by Gasteiger charge is -2.43. The van der Waals surface area contributed by atoms with Gasteiger partial charge in [0.25, 0.3) is 0 Å². The molecule has 3 heteroatoms. The smallest absolute Gasteiger partial charge is 0.0873 e. The maximum absolute atomic E-state index is 5.99. The van der Waals surface area contributed by atoms with E-state index in [0.717, 1.165) is 25.1 Å². The first-order valence-electron chi connectivity index (χ1n) is 7.43. The van der Waals surface area contributed by atoms with Crippen LogP contribution in [0.2, 0.25) is 0 Å². The highest BCUT2D eigenvalue weighted by Gasteiger charge is 2.40. The second kappa shape index (κ2) is 6.49. The number of nitrogens with zero attached hydrogens (tertiary/aromatic N) is 1. The fourth-order valence-electron chi connectivity index (χ4n) is 3.22. The van der Waals surface area contributed by atoms with Gasteiger partial charge in [-0.25, -0.2) is 0 Å². The molecule has 3 nitrogen and oxygen atoms in total. The van der Waals surface area contributed by atoms with E-state index in [4.69, 9.17) is 4.74 Å². The van der Waals surface area contributed by atoms with Crippen molar-refractivity contribution in [1.29, 1.82) is 0 Å². The van der Waals surface area contributed by atoms with E-state index in [1.165, 1.54) is 24.8 Å². The van der Waals surface area contributed by atoms with Crippen molar-refractivity contribution in [3.05, 3.63) is 29.6 Å². The van der Waals surface area contributed by atoms with E-state index in [0.29, 0.717) is 0 Å². The number of hydrogen-bond acceptors (Lipinski definition) is 3. The minimum absolute atomic E-state index is 0.0643. The number of aryl methyl sites for hydroxylation is 1. The number of rotatable bonds is 5. The van der Waals surface area contributed by atoms with Crippen LogP contribution in [0, 0.1) is 6.92 Å². The normalized spacial score (nSPS) is 20.2. The van der Waals surface area contributed by atoms with Crippen LogP contribution in [0.4, 0.5) is 0 Å². The Morgan fingerprint density at radius 2 is 2.05 bits per heavy atom. The van der Waals surface area contributed by atoms with Gasteiger partial charge in [0, 0.05) is 19.0 Å². The molecule has 1 atom stereocenters. The van der Waals surface area contributed by atoms with Crippen molar-refractivity contribution in [3.63, 3.8) is 0 Å². The zero-order chi connectivity index (χ0) is 13.7. The highest BCUT2D eigenvalue weighted by molar-refractivity contribution is 5.21. The van der Waals surface area contributed by atoms with Crippen LogP contribution in [0.15, 0.2) is 18.3 Å². The fraction of sp³-hybridized carbons (Fsp3) is 0.688. The lowest BCUT2D eigenvalue weighted by Crippen LogP contribution is -2.47. The van der Waals surface area contributed by atoms with E-state index >= 15 is 0 Å². The minimum Gasteiger partial charge on any atom is -0.376 e. The molecular formula is C16H26N2O. The van der Waals surface area contributed by atoms with Crippen LogP contribution in [-0.4, -0.2) is 24.2 Å². The van der Waals surface area contributed by atoms with Gasteiger partial charge in [0.1, 0.15) is 0 Å². The molecule has 1 saturated carbocycles. The summed E-state index contributed by atoms with van der Waals surface area (Å²) in [5.41, 5.74) is 2.25. The first-order chi connectivity index (χ1) is 9.22. The molecular weight excluding hydrogens is 236 g/mol. The van der Waals surface area contributed by atoms with E-state index in [1.807, 2.05) is 20.2 Å². The Kier molecular flexibility index (Phi) is 4.94. The van der Waals surface area contributed by atoms with E-state index in [-0.39, 0.29) is 11.6 Å². The zero-order valence-electron chi connectivity index (χ0n) is 12.4. The van der Waals surface area contributed by atoms with Gasteiger partial charge in [0.15, 0.2) is 0 Å². The molecule has 19 heavy (non-hydrogen) atoms. The van der Waals surface area contributed by atoms with E-state index in [9.17, 15) is 0 Å². The molecule has 1 fully saturated rings. The van der Waals surface area contributed by atoms with Crippen LogP contribution >= 0.6 is 0 Å². The maximum atomic E-state index is 5.99. The van der Waals surface area contributed by atoms with E-state index in [2.05, 4.69) is 29.4 Å². The van der Waals surface area contributed by atoms with Crippen molar-refractivity contribution < 1.29 is 4.74 Å². The molecule has 1 aromatic heterocycles. The highest BCUT2D eigenvalue weighted by atomic mass is 16.5. The fourth-order valence-corrected chi connectivity index (χ4v) is 3.22. The SMILES string of the molecule is CCNC(c1ccc(C)nc1)C1(OC)CCCCC1. The molecule has 0 aliphatic heterocycles. The minimum atomic E-state index is -0.0643. The van der Waals surface area contributed by atoms with Gasteiger partial charge in [0.05, 0.1) is 11.6 Å². The number of nitrogens with one attached hydrogen (secondary N) is 1. The Hall–Kier alpha value is -0.930. The third-order valence-electron chi connectivity index (χ3n) is 4.31. The maximum Gasteiger partial charge on any atom is 0.0873 e. The molecule has 1 aliphatic rings. The Balaban J connectivity index is 2.29. The molecule has 1 aromatic rings. The number of aromatic nitrogens is 1. The highest BCUT2D eigenvalue weighted by Crippen LogP contribution is 2.40. The predicted octanol–water partition coefficient (Wildman–Crippen LogP) is 3.39. The van der Waals surface area contributed by atoms with Gasteiger partial charge < -0.3 is 10.1 Å². The molecule has 0 saturated heterocycles. The summed E-state index contributed by atoms with van der Waals surface area (Å²) in [6, 6.07) is 4.52. The van der Waals surface area contributed by atoms with E-state index in [1.54, 1.807) is 0 Å². The van der Waals surface area contributed by atoms with Crippen LogP contribution in [0.3, 0.4) is 0 Å². The van der Waals surface area contributed by atoms with Gasteiger partial charge in [-0.3, -0.25) is 4.98 Å². The number of methoxy groups -OCH3 is 1. The van der Waals surface area contributed by atoms with Crippen molar-refractivity contribution in [2.75, 3.05) is 13.7 Å². The molecule has 1 unspecified atom stereocenters. The third kappa shape index (κ3) is 3.15.